The van der Waals surface area contributed by atoms with Crippen LogP contribution in [0.4, 0.5) is 0 Å². The molecule has 0 unspecified atom stereocenters. The Balaban J connectivity index is 1.63. The van der Waals surface area contributed by atoms with Crippen molar-refractivity contribution in [3.63, 3.8) is 0 Å². The Morgan fingerprint density at radius 1 is 1.05 bits per heavy atom. The second-order valence-corrected chi connectivity index (χ2v) is 6.01. The summed E-state index contributed by atoms with van der Waals surface area (Å²) < 4.78 is 0. The normalized spacial score (nSPS) is 23.4. The van der Waals surface area contributed by atoms with Crippen molar-refractivity contribution < 1.29 is 4.79 Å². The third kappa shape index (κ3) is 5.11. The summed E-state index contributed by atoms with van der Waals surface area (Å²) in [4.78, 5) is 14.3. The van der Waals surface area contributed by atoms with E-state index in [2.05, 4.69) is 22.5 Å². The molecule has 19 heavy (non-hydrogen) atoms. The first-order chi connectivity index (χ1) is 9.28. The van der Waals surface area contributed by atoms with E-state index in [1.165, 1.54) is 44.9 Å². The number of hydrogen-bond acceptors (Lipinski definition) is 3. The van der Waals surface area contributed by atoms with E-state index >= 15 is 0 Å². The highest BCUT2D eigenvalue weighted by Gasteiger charge is 2.21. The van der Waals surface area contributed by atoms with Crippen LogP contribution in [0.1, 0.15) is 51.9 Å². The summed E-state index contributed by atoms with van der Waals surface area (Å²) in [5.74, 6) is 0.230. The second kappa shape index (κ2) is 7.85. The van der Waals surface area contributed by atoms with Gasteiger partial charge in [0.05, 0.1) is 6.54 Å². The molecular weight excluding hydrogens is 238 g/mol. The molecule has 0 aromatic heterocycles. The summed E-state index contributed by atoms with van der Waals surface area (Å²) in [5.41, 5.74) is 0. The van der Waals surface area contributed by atoms with E-state index < -0.39 is 0 Å². The molecule has 2 fully saturated rings. The van der Waals surface area contributed by atoms with Crippen molar-refractivity contribution in [3.8, 4) is 0 Å². The molecule has 0 aromatic rings. The maximum absolute atomic E-state index is 12.0. The molecule has 2 rings (SSSR count). The van der Waals surface area contributed by atoms with Crippen LogP contribution in [-0.2, 0) is 4.79 Å². The van der Waals surface area contributed by atoms with Gasteiger partial charge in [0.15, 0.2) is 0 Å². The van der Waals surface area contributed by atoms with Crippen LogP contribution < -0.4 is 10.6 Å². The van der Waals surface area contributed by atoms with Gasteiger partial charge in [-0.3, -0.25) is 9.69 Å². The van der Waals surface area contributed by atoms with E-state index in [4.69, 9.17) is 0 Å². The zero-order chi connectivity index (χ0) is 13.5. The lowest BCUT2D eigenvalue weighted by Gasteiger charge is -2.32. The minimum atomic E-state index is 0.230. The van der Waals surface area contributed by atoms with Crippen molar-refractivity contribution >= 4 is 5.91 Å². The Morgan fingerprint density at radius 2 is 1.74 bits per heavy atom. The number of nitrogens with zero attached hydrogens (tertiary/aromatic N) is 1. The molecule has 1 saturated carbocycles. The van der Waals surface area contributed by atoms with Crippen LogP contribution in [0.3, 0.4) is 0 Å². The number of hydrogen-bond donors (Lipinski definition) is 2. The van der Waals surface area contributed by atoms with Crippen molar-refractivity contribution in [2.24, 2.45) is 0 Å². The average molecular weight is 267 g/mol. The number of likely N-dealkylation sites (tertiary alicyclic amines) is 1. The summed E-state index contributed by atoms with van der Waals surface area (Å²) in [6.07, 6.45) is 8.58. The fraction of sp³-hybridized carbons (Fsp3) is 0.933. The van der Waals surface area contributed by atoms with Crippen molar-refractivity contribution in [3.05, 3.63) is 0 Å². The van der Waals surface area contributed by atoms with Crippen LogP contribution in [0, 0.1) is 0 Å². The summed E-state index contributed by atoms with van der Waals surface area (Å²) in [6, 6.07) is 1.10. The zero-order valence-electron chi connectivity index (χ0n) is 12.3. The topological polar surface area (TPSA) is 44.4 Å². The fourth-order valence-corrected chi connectivity index (χ4v) is 3.31. The van der Waals surface area contributed by atoms with E-state index in [1.54, 1.807) is 0 Å². The quantitative estimate of drug-likeness (QED) is 0.793. The van der Waals surface area contributed by atoms with Gasteiger partial charge in [-0.05, 0) is 32.2 Å². The van der Waals surface area contributed by atoms with Gasteiger partial charge in [-0.2, -0.15) is 0 Å². The number of carbonyl (C=O) groups is 1. The van der Waals surface area contributed by atoms with E-state index in [0.717, 1.165) is 19.6 Å². The lowest BCUT2D eigenvalue weighted by molar-refractivity contribution is -0.123. The van der Waals surface area contributed by atoms with E-state index in [0.29, 0.717) is 18.6 Å². The highest BCUT2D eigenvalue weighted by Crippen LogP contribution is 2.17. The van der Waals surface area contributed by atoms with Crippen molar-refractivity contribution in [2.75, 3.05) is 26.2 Å². The van der Waals surface area contributed by atoms with Gasteiger partial charge in [0, 0.05) is 25.2 Å². The van der Waals surface area contributed by atoms with Crippen molar-refractivity contribution in [2.45, 2.75) is 64.0 Å². The van der Waals surface area contributed by atoms with Crippen LogP contribution in [-0.4, -0.2) is 49.1 Å². The third-order valence-electron chi connectivity index (χ3n) is 4.42. The maximum Gasteiger partial charge on any atom is 0.234 e. The number of amides is 1. The molecule has 4 nitrogen and oxygen atoms in total. The smallest absolute Gasteiger partial charge is 0.234 e. The second-order valence-electron chi connectivity index (χ2n) is 6.01. The molecule has 1 aliphatic heterocycles. The standard InChI is InChI=1S/C15H29N3O/c1-2-16-13-8-10-18(11-9-13)12-15(19)17-14-6-4-3-5-7-14/h13-14,16H,2-12H2,1H3,(H,17,19). The van der Waals surface area contributed by atoms with Gasteiger partial charge in [0.1, 0.15) is 0 Å². The van der Waals surface area contributed by atoms with E-state index in [1.807, 2.05) is 0 Å². The van der Waals surface area contributed by atoms with Crippen LogP contribution in [0.2, 0.25) is 0 Å². The predicted octanol–water partition coefficient (Wildman–Crippen LogP) is 1.51. The lowest BCUT2D eigenvalue weighted by Crippen LogP contribution is -2.47. The molecule has 0 aromatic carbocycles. The SMILES string of the molecule is CCNC1CCN(CC(=O)NC2CCCCC2)CC1. The first-order valence-corrected chi connectivity index (χ1v) is 8.03. The van der Waals surface area contributed by atoms with Crippen LogP contribution >= 0.6 is 0 Å². The van der Waals surface area contributed by atoms with Gasteiger partial charge >= 0.3 is 0 Å². The molecule has 0 atom stereocenters. The van der Waals surface area contributed by atoms with Crippen LogP contribution in [0.25, 0.3) is 0 Å². The molecule has 110 valence electrons. The molecular formula is C15H29N3O. The molecule has 2 N–H and O–H groups in total. The molecule has 0 spiro atoms. The highest BCUT2D eigenvalue weighted by atomic mass is 16.2. The molecule has 1 amide bonds. The summed E-state index contributed by atoms with van der Waals surface area (Å²) in [5, 5.41) is 6.70. The van der Waals surface area contributed by atoms with Crippen molar-refractivity contribution in [1.29, 1.82) is 0 Å². The number of carbonyl (C=O) groups excluding carboxylic acids is 1. The Bertz CT molecular complexity index is 269. The Labute approximate surface area is 117 Å². The van der Waals surface area contributed by atoms with Gasteiger partial charge in [-0.15, -0.1) is 0 Å². The Morgan fingerprint density at radius 3 is 2.37 bits per heavy atom. The molecule has 4 heteroatoms. The molecule has 1 heterocycles. The largest absolute Gasteiger partial charge is 0.352 e. The minimum Gasteiger partial charge on any atom is -0.352 e. The predicted molar refractivity (Wildman–Crippen MR) is 78.2 cm³/mol. The monoisotopic (exact) mass is 267 g/mol. The van der Waals surface area contributed by atoms with Crippen LogP contribution in [0.15, 0.2) is 0 Å². The number of piperidine rings is 1. The van der Waals surface area contributed by atoms with Gasteiger partial charge in [-0.1, -0.05) is 26.2 Å². The fourth-order valence-electron chi connectivity index (χ4n) is 3.31. The van der Waals surface area contributed by atoms with E-state index in [-0.39, 0.29) is 5.91 Å². The third-order valence-corrected chi connectivity index (χ3v) is 4.42. The molecule has 0 radical (unpaired) electrons. The number of nitrogens with one attached hydrogen (secondary N) is 2. The zero-order valence-corrected chi connectivity index (χ0v) is 12.3. The van der Waals surface area contributed by atoms with Gasteiger partial charge in [0.25, 0.3) is 0 Å². The van der Waals surface area contributed by atoms with Crippen molar-refractivity contribution in [1.82, 2.24) is 15.5 Å². The number of rotatable bonds is 5. The summed E-state index contributed by atoms with van der Waals surface area (Å²) >= 11 is 0. The molecule has 1 aliphatic carbocycles. The first kappa shape index (κ1) is 14.8. The summed E-state index contributed by atoms with van der Waals surface area (Å²) in [6.45, 7) is 5.90. The Hall–Kier alpha value is -0.610. The van der Waals surface area contributed by atoms with E-state index in [9.17, 15) is 4.79 Å². The maximum atomic E-state index is 12.0. The van der Waals surface area contributed by atoms with Gasteiger partial charge < -0.3 is 10.6 Å². The lowest BCUT2D eigenvalue weighted by atomic mass is 9.95. The molecule has 0 bridgehead atoms. The van der Waals surface area contributed by atoms with Gasteiger partial charge in [-0.25, -0.2) is 0 Å². The Kier molecular flexibility index (Phi) is 6.11. The highest BCUT2D eigenvalue weighted by molar-refractivity contribution is 5.78. The average Bonchev–Trinajstić information content (AvgIpc) is 2.42. The molecule has 1 saturated heterocycles. The van der Waals surface area contributed by atoms with Gasteiger partial charge in [0.2, 0.25) is 5.91 Å². The summed E-state index contributed by atoms with van der Waals surface area (Å²) in [7, 11) is 0. The molecule has 2 aliphatic rings. The minimum absolute atomic E-state index is 0.230. The first-order valence-electron chi connectivity index (χ1n) is 8.03. The van der Waals surface area contributed by atoms with Crippen LogP contribution in [0.5, 0.6) is 0 Å².